The smallest absolute Gasteiger partial charge is 0.131 e. The van der Waals surface area contributed by atoms with Crippen LogP contribution in [0.3, 0.4) is 0 Å². The Labute approximate surface area is 117 Å². The van der Waals surface area contributed by atoms with Crippen molar-refractivity contribution < 1.29 is 0 Å². The van der Waals surface area contributed by atoms with Crippen LogP contribution in [-0.2, 0) is 13.6 Å². The van der Waals surface area contributed by atoms with E-state index >= 15 is 0 Å². The second-order valence-electron chi connectivity index (χ2n) is 5.57. The van der Waals surface area contributed by atoms with Gasteiger partial charge in [-0.05, 0) is 32.7 Å². The van der Waals surface area contributed by atoms with Crippen LogP contribution < -0.4 is 10.2 Å². The number of rotatable bonds is 8. The van der Waals surface area contributed by atoms with Crippen molar-refractivity contribution in [3.8, 4) is 0 Å². The SMILES string of the molecule is CCCCN(c1c(CNCC)c(C)nn1C)C1CC1. The predicted molar refractivity (Wildman–Crippen MR) is 80.6 cm³/mol. The third-order valence-electron chi connectivity index (χ3n) is 3.88. The fourth-order valence-corrected chi connectivity index (χ4v) is 2.68. The van der Waals surface area contributed by atoms with Crippen LogP contribution in [0.1, 0.15) is 50.8 Å². The standard InChI is InChI=1S/C15H28N4/c1-5-7-10-19(13-8-9-13)15-14(11-16-6-2)12(3)17-18(15)4/h13,16H,5-11H2,1-4H3. The predicted octanol–water partition coefficient (Wildman–Crippen LogP) is 2.61. The molecule has 4 nitrogen and oxygen atoms in total. The number of nitrogens with zero attached hydrogens (tertiary/aromatic N) is 3. The summed E-state index contributed by atoms with van der Waals surface area (Å²) < 4.78 is 2.08. The Bertz CT molecular complexity index is 407. The van der Waals surface area contributed by atoms with Crippen LogP contribution in [0, 0.1) is 6.92 Å². The van der Waals surface area contributed by atoms with Crippen molar-refractivity contribution in [1.29, 1.82) is 0 Å². The number of unbranched alkanes of at least 4 members (excludes halogenated alkanes) is 1. The number of aromatic nitrogens is 2. The maximum absolute atomic E-state index is 4.64. The summed E-state index contributed by atoms with van der Waals surface area (Å²) in [5.74, 6) is 1.34. The van der Waals surface area contributed by atoms with Gasteiger partial charge in [0.05, 0.1) is 5.69 Å². The van der Waals surface area contributed by atoms with E-state index < -0.39 is 0 Å². The van der Waals surface area contributed by atoms with Gasteiger partial charge in [-0.15, -0.1) is 0 Å². The van der Waals surface area contributed by atoms with Crippen LogP contribution in [0.5, 0.6) is 0 Å². The number of aryl methyl sites for hydroxylation is 2. The van der Waals surface area contributed by atoms with Crippen molar-refractivity contribution >= 4 is 5.82 Å². The molecule has 1 fully saturated rings. The molecule has 0 spiro atoms. The van der Waals surface area contributed by atoms with Crippen molar-refractivity contribution in [1.82, 2.24) is 15.1 Å². The molecule has 19 heavy (non-hydrogen) atoms. The van der Waals surface area contributed by atoms with Gasteiger partial charge in [0.1, 0.15) is 5.82 Å². The first kappa shape index (κ1) is 14.4. The highest BCUT2D eigenvalue weighted by molar-refractivity contribution is 5.52. The Balaban J connectivity index is 2.23. The Morgan fingerprint density at radius 3 is 2.68 bits per heavy atom. The molecule has 1 aromatic heterocycles. The van der Waals surface area contributed by atoms with Crippen LogP contribution in [0.4, 0.5) is 5.82 Å². The number of hydrogen-bond donors (Lipinski definition) is 1. The molecule has 0 radical (unpaired) electrons. The molecule has 0 bridgehead atoms. The summed E-state index contributed by atoms with van der Waals surface area (Å²) in [6, 6.07) is 0.752. The van der Waals surface area contributed by atoms with Crippen LogP contribution in [0.15, 0.2) is 0 Å². The van der Waals surface area contributed by atoms with E-state index in [0.29, 0.717) is 0 Å². The van der Waals surface area contributed by atoms with Gasteiger partial charge in [-0.25, -0.2) is 0 Å². The monoisotopic (exact) mass is 264 g/mol. The van der Waals surface area contributed by atoms with Crippen molar-refractivity contribution in [3.63, 3.8) is 0 Å². The zero-order valence-corrected chi connectivity index (χ0v) is 12.9. The average molecular weight is 264 g/mol. The molecule has 0 amide bonds. The van der Waals surface area contributed by atoms with Gasteiger partial charge in [-0.3, -0.25) is 4.68 Å². The van der Waals surface area contributed by atoms with Gasteiger partial charge in [0, 0.05) is 31.7 Å². The largest absolute Gasteiger partial charge is 0.354 e. The zero-order chi connectivity index (χ0) is 13.8. The third-order valence-corrected chi connectivity index (χ3v) is 3.88. The summed E-state index contributed by atoms with van der Waals surface area (Å²) in [7, 11) is 2.08. The zero-order valence-electron chi connectivity index (χ0n) is 12.9. The number of nitrogens with one attached hydrogen (secondary N) is 1. The van der Waals surface area contributed by atoms with Crippen molar-refractivity contribution in [2.75, 3.05) is 18.0 Å². The van der Waals surface area contributed by atoms with Gasteiger partial charge in [0.15, 0.2) is 0 Å². The summed E-state index contributed by atoms with van der Waals surface area (Å²) >= 11 is 0. The van der Waals surface area contributed by atoms with E-state index in [-0.39, 0.29) is 0 Å². The van der Waals surface area contributed by atoms with Crippen LogP contribution in [0.25, 0.3) is 0 Å². The van der Waals surface area contributed by atoms with Crippen molar-refractivity contribution in [3.05, 3.63) is 11.3 Å². The number of anilines is 1. The first-order valence-corrected chi connectivity index (χ1v) is 7.68. The highest BCUT2D eigenvalue weighted by atomic mass is 15.4. The van der Waals surface area contributed by atoms with Gasteiger partial charge in [0.2, 0.25) is 0 Å². The molecular formula is C15H28N4. The molecule has 1 N–H and O–H groups in total. The van der Waals surface area contributed by atoms with Crippen LogP contribution in [0.2, 0.25) is 0 Å². The summed E-state index contributed by atoms with van der Waals surface area (Å²) in [6.07, 6.45) is 5.20. The first-order valence-electron chi connectivity index (χ1n) is 7.68. The lowest BCUT2D eigenvalue weighted by molar-refractivity contribution is 0.655. The van der Waals surface area contributed by atoms with E-state index in [1.807, 2.05) is 0 Å². The maximum Gasteiger partial charge on any atom is 0.131 e. The summed E-state index contributed by atoms with van der Waals surface area (Å²) in [5.41, 5.74) is 2.55. The average Bonchev–Trinajstić information content (AvgIpc) is 3.17. The quantitative estimate of drug-likeness (QED) is 0.783. The second-order valence-corrected chi connectivity index (χ2v) is 5.57. The topological polar surface area (TPSA) is 33.1 Å². The fourth-order valence-electron chi connectivity index (χ4n) is 2.68. The Morgan fingerprint density at radius 1 is 1.37 bits per heavy atom. The van der Waals surface area contributed by atoms with E-state index in [2.05, 4.69) is 47.8 Å². The summed E-state index contributed by atoms with van der Waals surface area (Å²) in [4.78, 5) is 2.59. The van der Waals surface area contributed by atoms with Gasteiger partial charge >= 0.3 is 0 Å². The Morgan fingerprint density at radius 2 is 2.11 bits per heavy atom. The molecule has 4 heteroatoms. The van der Waals surface area contributed by atoms with Gasteiger partial charge in [-0.1, -0.05) is 20.3 Å². The number of hydrogen-bond acceptors (Lipinski definition) is 3. The van der Waals surface area contributed by atoms with E-state index in [1.165, 1.54) is 49.3 Å². The van der Waals surface area contributed by atoms with Gasteiger partial charge < -0.3 is 10.2 Å². The minimum atomic E-state index is 0.752. The fraction of sp³-hybridized carbons (Fsp3) is 0.800. The second kappa shape index (κ2) is 6.42. The van der Waals surface area contributed by atoms with E-state index in [9.17, 15) is 0 Å². The van der Waals surface area contributed by atoms with E-state index in [1.54, 1.807) is 0 Å². The molecule has 0 unspecified atom stereocenters. The van der Waals surface area contributed by atoms with Gasteiger partial charge in [-0.2, -0.15) is 5.10 Å². The van der Waals surface area contributed by atoms with E-state index in [4.69, 9.17) is 0 Å². The molecule has 0 aliphatic heterocycles. The Hall–Kier alpha value is -1.03. The molecule has 0 atom stereocenters. The van der Waals surface area contributed by atoms with E-state index in [0.717, 1.165) is 19.1 Å². The molecule has 1 aliphatic carbocycles. The summed E-state index contributed by atoms with van der Waals surface area (Å²) in [6.45, 7) is 9.65. The highest BCUT2D eigenvalue weighted by Gasteiger charge is 2.32. The molecule has 108 valence electrons. The lowest BCUT2D eigenvalue weighted by atomic mass is 10.2. The normalized spacial score (nSPS) is 14.9. The highest BCUT2D eigenvalue weighted by Crippen LogP contribution is 2.34. The molecule has 1 aromatic rings. The molecule has 0 aromatic carbocycles. The third kappa shape index (κ3) is 3.30. The summed E-state index contributed by atoms with van der Waals surface area (Å²) in [5, 5.41) is 8.09. The van der Waals surface area contributed by atoms with Crippen LogP contribution in [-0.4, -0.2) is 28.9 Å². The molecule has 2 rings (SSSR count). The molecule has 1 aliphatic rings. The van der Waals surface area contributed by atoms with Gasteiger partial charge in [0.25, 0.3) is 0 Å². The van der Waals surface area contributed by atoms with Crippen molar-refractivity contribution in [2.45, 2.75) is 59.0 Å². The molecule has 1 heterocycles. The lowest BCUT2D eigenvalue weighted by Crippen LogP contribution is -2.30. The minimum Gasteiger partial charge on any atom is -0.354 e. The molecule has 0 saturated heterocycles. The lowest BCUT2D eigenvalue weighted by Gasteiger charge is -2.26. The maximum atomic E-state index is 4.64. The molecule has 1 saturated carbocycles. The Kier molecular flexibility index (Phi) is 4.86. The minimum absolute atomic E-state index is 0.752. The first-order chi connectivity index (χ1) is 9.19. The molecular weight excluding hydrogens is 236 g/mol. The van der Waals surface area contributed by atoms with Crippen LogP contribution >= 0.6 is 0 Å². The van der Waals surface area contributed by atoms with Crippen molar-refractivity contribution in [2.24, 2.45) is 7.05 Å².